The number of benzene rings is 2. The molecule has 0 bridgehead atoms. The Morgan fingerprint density at radius 1 is 1.09 bits per heavy atom. The maximum Gasteiger partial charge on any atom is 0.189 e. The lowest BCUT2D eigenvalue weighted by Gasteiger charge is -2.18. The van der Waals surface area contributed by atoms with Crippen molar-refractivity contribution in [3.05, 3.63) is 59.2 Å². The minimum atomic E-state index is -0.243. The van der Waals surface area contributed by atoms with E-state index in [4.69, 9.17) is 9.47 Å². The highest BCUT2D eigenvalue weighted by atomic mass is 16.6. The highest BCUT2D eigenvalue weighted by Crippen LogP contribution is 2.31. The number of fused-ring (bicyclic) bond motifs is 1. The van der Waals surface area contributed by atoms with Crippen molar-refractivity contribution in [1.82, 2.24) is 0 Å². The zero-order chi connectivity index (χ0) is 15.5. The van der Waals surface area contributed by atoms with E-state index in [1.165, 1.54) is 6.08 Å². The third-order valence-corrected chi connectivity index (χ3v) is 3.41. The fraction of sp³-hybridized carbons (Fsp3) is 0.167. The van der Waals surface area contributed by atoms with Crippen molar-refractivity contribution in [2.24, 2.45) is 0 Å². The highest BCUT2D eigenvalue weighted by molar-refractivity contribution is 6.08. The van der Waals surface area contributed by atoms with E-state index in [0.717, 1.165) is 11.1 Å². The predicted octanol–water partition coefficient (Wildman–Crippen LogP) is 3.37. The summed E-state index contributed by atoms with van der Waals surface area (Å²) < 4.78 is 11.0. The third kappa shape index (κ3) is 2.96. The number of ether oxygens (including phenoxy) is 2. The van der Waals surface area contributed by atoms with Crippen LogP contribution in [-0.2, 0) is 0 Å². The molecule has 1 N–H and O–H groups in total. The SMILES string of the molecule is Cc1ccc(C(=O)/C=C/c2ccc3c(c2)OCCO3)c(O)c1. The summed E-state index contributed by atoms with van der Waals surface area (Å²) in [6, 6.07) is 10.5. The molecule has 4 heteroatoms. The van der Waals surface area contributed by atoms with Gasteiger partial charge in [0.1, 0.15) is 19.0 Å². The molecule has 0 saturated carbocycles. The summed E-state index contributed by atoms with van der Waals surface area (Å²) in [5.41, 5.74) is 2.04. The fourth-order valence-electron chi connectivity index (χ4n) is 2.28. The summed E-state index contributed by atoms with van der Waals surface area (Å²) >= 11 is 0. The lowest BCUT2D eigenvalue weighted by Crippen LogP contribution is -2.15. The minimum Gasteiger partial charge on any atom is -0.507 e. The first kappa shape index (κ1) is 14.2. The number of aryl methyl sites for hydroxylation is 1. The molecule has 0 unspecified atom stereocenters. The molecule has 1 aliphatic rings. The maximum atomic E-state index is 12.1. The Balaban J connectivity index is 1.80. The molecule has 22 heavy (non-hydrogen) atoms. The molecular weight excluding hydrogens is 280 g/mol. The average molecular weight is 296 g/mol. The van der Waals surface area contributed by atoms with Crippen LogP contribution in [0.5, 0.6) is 17.2 Å². The van der Waals surface area contributed by atoms with E-state index in [9.17, 15) is 9.90 Å². The predicted molar refractivity (Wildman–Crippen MR) is 83.6 cm³/mol. The molecule has 0 amide bonds. The number of phenols is 1. The number of aromatic hydroxyl groups is 1. The zero-order valence-corrected chi connectivity index (χ0v) is 12.2. The Morgan fingerprint density at radius 2 is 1.86 bits per heavy atom. The molecule has 1 aliphatic heterocycles. The van der Waals surface area contributed by atoms with Crippen LogP contribution in [0.4, 0.5) is 0 Å². The standard InChI is InChI=1S/C18H16O4/c1-12-2-5-14(16(20)10-12)15(19)6-3-13-4-7-17-18(11-13)22-9-8-21-17/h2-7,10-11,20H,8-9H2,1H3/b6-3+. The molecule has 0 radical (unpaired) electrons. The molecule has 0 fully saturated rings. The quantitative estimate of drug-likeness (QED) is 0.697. The van der Waals surface area contributed by atoms with Gasteiger partial charge >= 0.3 is 0 Å². The summed E-state index contributed by atoms with van der Waals surface area (Å²) in [4.78, 5) is 12.1. The smallest absolute Gasteiger partial charge is 0.189 e. The summed E-state index contributed by atoms with van der Waals surface area (Å²) in [5.74, 6) is 1.15. The van der Waals surface area contributed by atoms with Crippen LogP contribution in [0.3, 0.4) is 0 Å². The molecule has 3 rings (SSSR count). The van der Waals surface area contributed by atoms with Gasteiger partial charge in [-0.05, 0) is 48.4 Å². The number of hydrogen-bond acceptors (Lipinski definition) is 4. The van der Waals surface area contributed by atoms with Crippen LogP contribution in [0.15, 0.2) is 42.5 Å². The van der Waals surface area contributed by atoms with Gasteiger partial charge < -0.3 is 14.6 Å². The summed E-state index contributed by atoms with van der Waals surface area (Å²) in [7, 11) is 0. The van der Waals surface area contributed by atoms with Gasteiger partial charge in [-0.3, -0.25) is 4.79 Å². The Kier molecular flexibility index (Phi) is 3.83. The summed E-state index contributed by atoms with van der Waals surface area (Å²) in [5, 5.41) is 9.83. The number of carbonyl (C=O) groups excluding carboxylic acids is 1. The van der Waals surface area contributed by atoms with Gasteiger partial charge in [-0.1, -0.05) is 18.2 Å². The van der Waals surface area contributed by atoms with Gasteiger partial charge in [-0.15, -0.1) is 0 Å². The van der Waals surface area contributed by atoms with Crippen LogP contribution in [0, 0.1) is 6.92 Å². The van der Waals surface area contributed by atoms with Crippen molar-refractivity contribution in [3.8, 4) is 17.2 Å². The van der Waals surface area contributed by atoms with Gasteiger partial charge in [-0.2, -0.15) is 0 Å². The van der Waals surface area contributed by atoms with Crippen molar-refractivity contribution in [3.63, 3.8) is 0 Å². The second-order valence-corrected chi connectivity index (χ2v) is 5.12. The Bertz CT molecular complexity index is 747. The largest absolute Gasteiger partial charge is 0.507 e. The Hall–Kier alpha value is -2.75. The first-order chi connectivity index (χ1) is 10.6. The number of allylic oxidation sites excluding steroid dienone is 1. The van der Waals surface area contributed by atoms with Crippen LogP contribution >= 0.6 is 0 Å². The van der Waals surface area contributed by atoms with Crippen molar-refractivity contribution in [2.75, 3.05) is 13.2 Å². The number of phenolic OH excluding ortho intramolecular Hbond substituents is 1. The van der Waals surface area contributed by atoms with Gasteiger partial charge in [-0.25, -0.2) is 0 Å². The summed E-state index contributed by atoms with van der Waals surface area (Å²) in [6.07, 6.45) is 3.13. The van der Waals surface area contributed by atoms with Crippen molar-refractivity contribution in [2.45, 2.75) is 6.92 Å². The van der Waals surface area contributed by atoms with Gasteiger partial charge in [0.25, 0.3) is 0 Å². The molecule has 1 heterocycles. The monoisotopic (exact) mass is 296 g/mol. The molecule has 4 nitrogen and oxygen atoms in total. The van der Waals surface area contributed by atoms with E-state index < -0.39 is 0 Å². The Morgan fingerprint density at radius 3 is 2.64 bits per heavy atom. The number of ketones is 1. The van der Waals surface area contributed by atoms with E-state index in [1.807, 2.05) is 25.1 Å². The molecular formula is C18H16O4. The molecule has 112 valence electrons. The molecule has 0 aromatic heterocycles. The molecule has 0 atom stereocenters. The lowest BCUT2D eigenvalue weighted by molar-refractivity contribution is 0.104. The fourth-order valence-corrected chi connectivity index (χ4v) is 2.28. The van der Waals surface area contributed by atoms with Gasteiger partial charge in [0, 0.05) is 0 Å². The van der Waals surface area contributed by atoms with E-state index in [2.05, 4.69) is 0 Å². The van der Waals surface area contributed by atoms with Crippen molar-refractivity contribution >= 4 is 11.9 Å². The van der Waals surface area contributed by atoms with Crippen LogP contribution < -0.4 is 9.47 Å². The molecule has 0 aliphatic carbocycles. The first-order valence-corrected chi connectivity index (χ1v) is 7.05. The van der Waals surface area contributed by atoms with Crippen LogP contribution in [0.1, 0.15) is 21.5 Å². The zero-order valence-electron chi connectivity index (χ0n) is 12.2. The highest BCUT2D eigenvalue weighted by Gasteiger charge is 2.11. The van der Waals surface area contributed by atoms with Crippen molar-refractivity contribution < 1.29 is 19.4 Å². The minimum absolute atomic E-state index is 0.00294. The summed E-state index contributed by atoms with van der Waals surface area (Å²) in [6.45, 7) is 2.93. The average Bonchev–Trinajstić information content (AvgIpc) is 2.52. The third-order valence-electron chi connectivity index (χ3n) is 3.41. The number of carbonyl (C=O) groups is 1. The van der Waals surface area contributed by atoms with Crippen molar-refractivity contribution in [1.29, 1.82) is 0 Å². The maximum absolute atomic E-state index is 12.1. The number of rotatable bonds is 3. The second-order valence-electron chi connectivity index (χ2n) is 5.12. The van der Waals surface area contributed by atoms with Gasteiger partial charge in [0.15, 0.2) is 17.3 Å². The first-order valence-electron chi connectivity index (χ1n) is 7.05. The molecule has 2 aromatic carbocycles. The van der Waals surface area contributed by atoms with Gasteiger partial charge in [0.05, 0.1) is 5.56 Å². The molecule has 0 saturated heterocycles. The Labute approximate surface area is 128 Å². The van der Waals surface area contributed by atoms with E-state index in [-0.39, 0.29) is 11.5 Å². The lowest BCUT2D eigenvalue weighted by atomic mass is 10.1. The van der Waals surface area contributed by atoms with E-state index in [0.29, 0.717) is 30.3 Å². The van der Waals surface area contributed by atoms with E-state index >= 15 is 0 Å². The van der Waals surface area contributed by atoms with Gasteiger partial charge in [0.2, 0.25) is 0 Å². The van der Waals surface area contributed by atoms with Crippen LogP contribution in [-0.4, -0.2) is 24.1 Å². The van der Waals surface area contributed by atoms with Crippen LogP contribution in [0.25, 0.3) is 6.08 Å². The number of hydrogen-bond donors (Lipinski definition) is 1. The topological polar surface area (TPSA) is 55.8 Å². The molecule has 0 spiro atoms. The van der Waals surface area contributed by atoms with E-state index in [1.54, 1.807) is 24.3 Å². The van der Waals surface area contributed by atoms with Crippen LogP contribution in [0.2, 0.25) is 0 Å². The second kappa shape index (κ2) is 5.93. The normalized spacial score (nSPS) is 13.3. The molecule has 2 aromatic rings.